The van der Waals surface area contributed by atoms with Crippen LogP contribution in [0, 0.1) is 0 Å². The second kappa shape index (κ2) is 7.69. The molecular weight excluding hydrogens is 264 g/mol. The Morgan fingerprint density at radius 3 is 2.71 bits per heavy atom. The van der Waals surface area contributed by atoms with Gasteiger partial charge in [0.15, 0.2) is 0 Å². The number of rotatable bonds is 7. The number of aromatic nitrogens is 3. The van der Waals surface area contributed by atoms with Crippen molar-refractivity contribution >= 4 is 0 Å². The first-order valence-electron chi connectivity index (χ1n) is 7.49. The fraction of sp³-hybridized carbons (Fsp3) is 0.438. The lowest BCUT2D eigenvalue weighted by Crippen LogP contribution is -2.29. The first kappa shape index (κ1) is 15.4. The molecule has 5 nitrogen and oxygen atoms in total. The molecule has 2 heterocycles. The van der Waals surface area contributed by atoms with Gasteiger partial charge in [-0.05, 0) is 37.6 Å². The van der Waals surface area contributed by atoms with Gasteiger partial charge in [0.2, 0.25) is 0 Å². The Morgan fingerprint density at radius 2 is 2.05 bits per heavy atom. The Hall–Kier alpha value is -2.01. The third kappa shape index (κ3) is 3.98. The van der Waals surface area contributed by atoms with E-state index in [1.807, 2.05) is 31.2 Å². The van der Waals surface area contributed by atoms with E-state index in [1.54, 1.807) is 10.9 Å². The standard InChI is InChI=1S/C16H22N4O/c1-3-8-17-12-13-11-15(14-7-5-6-9-18-14)19-20(10-4-2)16(13)21/h5-7,9,11,17H,3-4,8,10,12H2,1-2H3. The molecule has 2 rings (SSSR count). The number of hydrogen-bond acceptors (Lipinski definition) is 4. The highest BCUT2D eigenvalue weighted by molar-refractivity contribution is 5.53. The monoisotopic (exact) mass is 286 g/mol. The van der Waals surface area contributed by atoms with Gasteiger partial charge in [-0.3, -0.25) is 9.78 Å². The van der Waals surface area contributed by atoms with E-state index in [4.69, 9.17) is 0 Å². The highest BCUT2D eigenvalue weighted by Crippen LogP contribution is 2.13. The van der Waals surface area contributed by atoms with Crippen molar-refractivity contribution in [2.24, 2.45) is 0 Å². The Labute approximate surface area is 125 Å². The van der Waals surface area contributed by atoms with Crippen molar-refractivity contribution < 1.29 is 0 Å². The molecule has 0 aliphatic carbocycles. The summed E-state index contributed by atoms with van der Waals surface area (Å²) < 4.78 is 1.55. The summed E-state index contributed by atoms with van der Waals surface area (Å²) in [5, 5.41) is 7.71. The van der Waals surface area contributed by atoms with Crippen molar-refractivity contribution in [2.45, 2.75) is 39.8 Å². The van der Waals surface area contributed by atoms with Crippen LogP contribution in [0.15, 0.2) is 35.3 Å². The lowest BCUT2D eigenvalue weighted by atomic mass is 10.2. The van der Waals surface area contributed by atoms with E-state index in [0.717, 1.165) is 36.3 Å². The van der Waals surface area contributed by atoms with Crippen LogP contribution in [0.2, 0.25) is 0 Å². The fourth-order valence-electron chi connectivity index (χ4n) is 2.13. The molecule has 0 aromatic carbocycles. The quantitative estimate of drug-likeness (QED) is 0.793. The minimum atomic E-state index is -0.0138. The molecular formula is C16H22N4O. The Bertz CT molecular complexity index is 622. The Kier molecular flexibility index (Phi) is 5.63. The van der Waals surface area contributed by atoms with Gasteiger partial charge in [0, 0.05) is 24.8 Å². The van der Waals surface area contributed by atoms with Crippen LogP contribution in [0.4, 0.5) is 0 Å². The SMILES string of the molecule is CCCNCc1cc(-c2ccccn2)nn(CCC)c1=O. The van der Waals surface area contributed by atoms with Crippen molar-refractivity contribution in [3.05, 3.63) is 46.4 Å². The molecule has 1 N–H and O–H groups in total. The summed E-state index contributed by atoms with van der Waals surface area (Å²) in [7, 11) is 0. The van der Waals surface area contributed by atoms with Gasteiger partial charge in [-0.15, -0.1) is 0 Å². The molecule has 0 radical (unpaired) electrons. The van der Waals surface area contributed by atoms with Crippen molar-refractivity contribution in [3.63, 3.8) is 0 Å². The van der Waals surface area contributed by atoms with Crippen LogP contribution >= 0.6 is 0 Å². The highest BCUT2D eigenvalue weighted by Gasteiger charge is 2.10. The molecule has 0 aliphatic heterocycles. The van der Waals surface area contributed by atoms with Gasteiger partial charge in [0.1, 0.15) is 5.69 Å². The maximum absolute atomic E-state index is 12.4. The Balaban J connectivity index is 2.39. The van der Waals surface area contributed by atoms with Crippen LogP contribution in [0.1, 0.15) is 32.3 Å². The van der Waals surface area contributed by atoms with Gasteiger partial charge in [0.25, 0.3) is 5.56 Å². The zero-order valence-corrected chi connectivity index (χ0v) is 12.7. The van der Waals surface area contributed by atoms with Crippen LogP contribution < -0.4 is 10.9 Å². The van der Waals surface area contributed by atoms with E-state index in [1.165, 1.54) is 0 Å². The van der Waals surface area contributed by atoms with Crippen molar-refractivity contribution in [1.82, 2.24) is 20.1 Å². The van der Waals surface area contributed by atoms with E-state index >= 15 is 0 Å². The summed E-state index contributed by atoms with van der Waals surface area (Å²) in [5.74, 6) is 0. The molecule has 21 heavy (non-hydrogen) atoms. The van der Waals surface area contributed by atoms with Crippen LogP contribution in [-0.2, 0) is 13.1 Å². The maximum Gasteiger partial charge on any atom is 0.271 e. The summed E-state index contributed by atoms with van der Waals surface area (Å²) >= 11 is 0. The second-order valence-electron chi connectivity index (χ2n) is 4.97. The van der Waals surface area contributed by atoms with Crippen molar-refractivity contribution in [2.75, 3.05) is 6.54 Å². The van der Waals surface area contributed by atoms with Gasteiger partial charge < -0.3 is 5.32 Å². The third-order valence-corrected chi connectivity index (χ3v) is 3.15. The molecule has 112 valence electrons. The zero-order valence-electron chi connectivity index (χ0n) is 12.7. The summed E-state index contributed by atoms with van der Waals surface area (Å²) in [6.07, 6.45) is 3.66. The molecule has 0 amide bonds. The fourth-order valence-corrected chi connectivity index (χ4v) is 2.13. The average molecular weight is 286 g/mol. The molecule has 0 atom stereocenters. The molecule has 0 unspecified atom stereocenters. The molecule has 0 aliphatic rings. The second-order valence-corrected chi connectivity index (χ2v) is 4.97. The van der Waals surface area contributed by atoms with Crippen molar-refractivity contribution in [3.8, 4) is 11.4 Å². The molecule has 0 saturated carbocycles. The normalized spacial score (nSPS) is 10.8. The summed E-state index contributed by atoms with van der Waals surface area (Å²) in [6, 6.07) is 7.55. The maximum atomic E-state index is 12.4. The average Bonchev–Trinajstić information content (AvgIpc) is 2.52. The molecule has 0 bridgehead atoms. The van der Waals surface area contributed by atoms with E-state index in [9.17, 15) is 4.79 Å². The number of hydrogen-bond donors (Lipinski definition) is 1. The number of aryl methyl sites for hydroxylation is 1. The van der Waals surface area contributed by atoms with E-state index in [0.29, 0.717) is 13.1 Å². The zero-order chi connectivity index (χ0) is 15.1. The minimum absolute atomic E-state index is 0.0138. The van der Waals surface area contributed by atoms with Crippen LogP contribution in [0.25, 0.3) is 11.4 Å². The largest absolute Gasteiger partial charge is 0.312 e. The molecule has 2 aromatic heterocycles. The molecule has 0 saturated heterocycles. The van der Waals surface area contributed by atoms with Gasteiger partial charge in [-0.25, -0.2) is 4.68 Å². The van der Waals surface area contributed by atoms with E-state index in [-0.39, 0.29) is 5.56 Å². The molecule has 5 heteroatoms. The number of nitrogens with zero attached hydrogens (tertiary/aromatic N) is 3. The van der Waals surface area contributed by atoms with Gasteiger partial charge in [0.05, 0.1) is 5.69 Å². The highest BCUT2D eigenvalue weighted by atomic mass is 16.1. The first-order chi connectivity index (χ1) is 10.3. The predicted molar refractivity (Wildman–Crippen MR) is 84.0 cm³/mol. The molecule has 0 spiro atoms. The number of pyridine rings is 1. The summed E-state index contributed by atoms with van der Waals surface area (Å²) in [5.41, 5.74) is 2.27. The topological polar surface area (TPSA) is 59.8 Å². The minimum Gasteiger partial charge on any atom is -0.312 e. The summed E-state index contributed by atoms with van der Waals surface area (Å²) in [6.45, 7) is 6.23. The van der Waals surface area contributed by atoms with Crippen LogP contribution in [0.3, 0.4) is 0 Å². The van der Waals surface area contributed by atoms with Crippen LogP contribution in [-0.4, -0.2) is 21.3 Å². The number of nitrogens with one attached hydrogen (secondary N) is 1. The van der Waals surface area contributed by atoms with E-state index < -0.39 is 0 Å². The van der Waals surface area contributed by atoms with Crippen molar-refractivity contribution in [1.29, 1.82) is 0 Å². The summed E-state index contributed by atoms with van der Waals surface area (Å²) in [4.78, 5) is 16.7. The van der Waals surface area contributed by atoms with Gasteiger partial charge >= 0.3 is 0 Å². The van der Waals surface area contributed by atoms with Crippen LogP contribution in [0.5, 0.6) is 0 Å². The molecule has 0 fully saturated rings. The third-order valence-electron chi connectivity index (χ3n) is 3.15. The lowest BCUT2D eigenvalue weighted by Gasteiger charge is -2.10. The van der Waals surface area contributed by atoms with Gasteiger partial charge in [-0.1, -0.05) is 19.9 Å². The molecule has 2 aromatic rings. The van der Waals surface area contributed by atoms with E-state index in [2.05, 4.69) is 22.3 Å². The smallest absolute Gasteiger partial charge is 0.271 e. The lowest BCUT2D eigenvalue weighted by molar-refractivity contribution is 0.557. The van der Waals surface area contributed by atoms with Gasteiger partial charge in [-0.2, -0.15) is 5.10 Å². The first-order valence-corrected chi connectivity index (χ1v) is 7.49. The Morgan fingerprint density at radius 1 is 1.19 bits per heavy atom. The predicted octanol–water partition coefficient (Wildman–Crippen LogP) is 2.21.